The molecular formula is C15H23NO5. The lowest BCUT2D eigenvalue weighted by Gasteiger charge is -2.35. The summed E-state index contributed by atoms with van der Waals surface area (Å²) in [5.41, 5.74) is -0.917. The minimum atomic E-state index is -0.927. The van der Waals surface area contributed by atoms with Crippen LogP contribution in [0, 0.1) is 5.41 Å². The molecule has 0 aromatic rings. The minimum absolute atomic E-state index is 0.283. The van der Waals surface area contributed by atoms with Gasteiger partial charge in [0.15, 0.2) is 0 Å². The maximum absolute atomic E-state index is 12.3. The van der Waals surface area contributed by atoms with E-state index in [1.165, 1.54) is 12.0 Å². The lowest BCUT2D eigenvalue weighted by molar-refractivity contribution is -0.152. The van der Waals surface area contributed by atoms with E-state index in [0.717, 1.165) is 0 Å². The number of esters is 1. The molecule has 0 unspecified atom stereocenters. The summed E-state index contributed by atoms with van der Waals surface area (Å²) in [6, 6.07) is 0. The van der Waals surface area contributed by atoms with Crippen molar-refractivity contribution in [1.29, 1.82) is 0 Å². The number of rotatable bonds is 1. The topological polar surface area (TPSA) is 76.1 Å². The third-order valence-electron chi connectivity index (χ3n) is 3.90. The van der Waals surface area contributed by atoms with E-state index in [0.29, 0.717) is 25.1 Å². The molecule has 21 heavy (non-hydrogen) atoms. The highest BCUT2D eigenvalue weighted by molar-refractivity contribution is 5.84. The van der Waals surface area contributed by atoms with Crippen LogP contribution in [0.2, 0.25) is 0 Å². The van der Waals surface area contributed by atoms with Crippen molar-refractivity contribution < 1.29 is 24.2 Å². The molecule has 1 fully saturated rings. The number of nitrogens with zero attached hydrogens (tertiary/aromatic N) is 1. The number of fused-ring (bicyclic) bond motifs is 1. The quantitative estimate of drug-likeness (QED) is 0.747. The second-order valence-corrected chi connectivity index (χ2v) is 6.64. The van der Waals surface area contributed by atoms with Crippen molar-refractivity contribution in [3.63, 3.8) is 0 Å². The second-order valence-electron chi connectivity index (χ2n) is 6.64. The van der Waals surface area contributed by atoms with Crippen molar-refractivity contribution in [3.8, 4) is 0 Å². The fourth-order valence-electron chi connectivity index (χ4n) is 3.05. The third kappa shape index (κ3) is 2.90. The molecule has 2 rings (SSSR count). The Morgan fingerprint density at radius 3 is 2.67 bits per heavy atom. The Kier molecular flexibility index (Phi) is 4.02. The Bertz CT molecular complexity index is 479. The number of hydrogen-bond acceptors (Lipinski definition) is 5. The van der Waals surface area contributed by atoms with Crippen LogP contribution in [0.4, 0.5) is 4.79 Å². The first-order valence-corrected chi connectivity index (χ1v) is 7.17. The van der Waals surface area contributed by atoms with Crippen LogP contribution in [0.3, 0.4) is 0 Å². The average molecular weight is 297 g/mol. The Labute approximate surface area is 124 Å². The number of likely N-dealkylation sites (tertiary alicyclic amines) is 1. The summed E-state index contributed by atoms with van der Waals surface area (Å²) < 4.78 is 10.3. The van der Waals surface area contributed by atoms with Gasteiger partial charge in [0, 0.05) is 12.2 Å². The van der Waals surface area contributed by atoms with Crippen molar-refractivity contribution in [2.45, 2.75) is 51.7 Å². The van der Waals surface area contributed by atoms with E-state index in [4.69, 9.17) is 9.47 Å². The lowest BCUT2D eigenvalue weighted by atomic mass is 9.74. The fraction of sp³-hybridized carbons (Fsp3) is 0.733. The van der Waals surface area contributed by atoms with Gasteiger partial charge in [-0.3, -0.25) is 9.69 Å². The summed E-state index contributed by atoms with van der Waals surface area (Å²) in [5, 5.41) is 9.89. The number of methoxy groups -OCH3 is 1. The van der Waals surface area contributed by atoms with Gasteiger partial charge in [-0.25, -0.2) is 4.79 Å². The van der Waals surface area contributed by atoms with Crippen LogP contribution in [0.5, 0.6) is 0 Å². The van der Waals surface area contributed by atoms with Crippen molar-refractivity contribution in [2.24, 2.45) is 5.41 Å². The SMILES string of the molecule is COC(=O)[C@]12CCN(C(=O)OC(C)(C)C)C1=CC[C@@H](O)C2. The first-order chi connectivity index (χ1) is 9.69. The number of hydrogen-bond donors (Lipinski definition) is 1. The number of carbonyl (C=O) groups is 2. The summed E-state index contributed by atoms with van der Waals surface area (Å²) in [5.74, 6) is -0.404. The lowest BCUT2D eigenvalue weighted by Crippen LogP contribution is -2.42. The van der Waals surface area contributed by atoms with E-state index in [9.17, 15) is 14.7 Å². The molecule has 0 aromatic carbocycles. The molecule has 0 radical (unpaired) electrons. The van der Waals surface area contributed by atoms with E-state index in [1.54, 1.807) is 26.8 Å². The van der Waals surface area contributed by atoms with E-state index >= 15 is 0 Å². The number of aliphatic hydroxyl groups is 1. The molecule has 0 saturated carbocycles. The smallest absolute Gasteiger partial charge is 0.414 e. The molecule has 0 spiro atoms. The van der Waals surface area contributed by atoms with Gasteiger partial charge in [-0.2, -0.15) is 0 Å². The average Bonchev–Trinajstić information content (AvgIpc) is 2.75. The van der Waals surface area contributed by atoms with Gasteiger partial charge in [0.25, 0.3) is 0 Å². The van der Waals surface area contributed by atoms with Crippen LogP contribution in [0.25, 0.3) is 0 Å². The largest absolute Gasteiger partial charge is 0.468 e. The summed E-state index contributed by atoms with van der Waals surface area (Å²) in [4.78, 5) is 26.0. The molecule has 1 N–H and O–H groups in total. The zero-order chi connectivity index (χ0) is 15.8. The summed E-state index contributed by atoms with van der Waals surface area (Å²) in [6.07, 6.45) is 1.85. The zero-order valence-electron chi connectivity index (χ0n) is 13.0. The number of amides is 1. The Balaban J connectivity index is 2.29. The number of carbonyl (C=O) groups excluding carboxylic acids is 2. The van der Waals surface area contributed by atoms with Crippen LogP contribution >= 0.6 is 0 Å². The molecule has 6 nitrogen and oxygen atoms in total. The Morgan fingerprint density at radius 1 is 1.43 bits per heavy atom. The van der Waals surface area contributed by atoms with Gasteiger partial charge in [0.2, 0.25) is 0 Å². The molecule has 1 heterocycles. The number of ether oxygens (including phenoxy) is 2. The van der Waals surface area contributed by atoms with E-state index in [-0.39, 0.29) is 6.42 Å². The van der Waals surface area contributed by atoms with Gasteiger partial charge < -0.3 is 14.6 Å². The standard InChI is InChI=1S/C15H23NO5/c1-14(2,3)21-13(19)16-8-7-15(12(18)20-4)9-10(17)5-6-11(15)16/h6,10,17H,5,7-9H2,1-4H3/t10-,15+/m1/s1. The van der Waals surface area contributed by atoms with Crippen LogP contribution in [0.15, 0.2) is 11.8 Å². The normalized spacial score (nSPS) is 28.7. The maximum atomic E-state index is 12.3. The van der Waals surface area contributed by atoms with Gasteiger partial charge in [0.1, 0.15) is 11.0 Å². The monoisotopic (exact) mass is 297 g/mol. The molecule has 0 aromatic heterocycles. The molecular weight excluding hydrogens is 274 g/mol. The summed E-state index contributed by atoms with van der Waals surface area (Å²) >= 11 is 0. The van der Waals surface area contributed by atoms with E-state index in [1.807, 2.05) is 0 Å². The molecule has 1 aliphatic heterocycles. The van der Waals surface area contributed by atoms with Crippen molar-refractivity contribution in [2.75, 3.05) is 13.7 Å². The Morgan fingerprint density at radius 2 is 2.10 bits per heavy atom. The first-order valence-electron chi connectivity index (χ1n) is 7.17. The molecule has 0 bridgehead atoms. The van der Waals surface area contributed by atoms with Gasteiger partial charge in [0.05, 0.1) is 13.2 Å². The third-order valence-corrected chi connectivity index (χ3v) is 3.90. The molecule has 6 heteroatoms. The van der Waals surface area contributed by atoms with E-state index in [2.05, 4.69) is 0 Å². The van der Waals surface area contributed by atoms with Crippen LogP contribution in [-0.4, -0.2) is 47.4 Å². The highest BCUT2D eigenvalue weighted by Gasteiger charge is 2.54. The van der Waals surface area contributed by atoms with Gasteiger partial charge >= 0.3 is 12.1 Å². The molecule has 2 atom stereocenters. The highest BCUT2D eigenvalue weighted by atomic mass is 16.6. The first kappa shape index (κ1) is 15.8. The summed E-state index contributed by atoms with van der Waals surface area (Å²) in [7, 11) is 1.33. The minimum Gasteiger partial charge on any atom is -0.468 e. The van der Waals surface area contributed by atoms with Crippen molar-refractivity contribution in [1.82, 2.24) is 4.90 Å². The maximum Gasteiger partial charge on any atom is 0.414 e. The van der Waals surface area contributed by atoms with Gasteiger partial charge in [-0.1, -0.05) is 6.08 Å². The molecule has 1 amide bonds. The molecule has 1 aliphatic carbocycles. The second kappa shape index (κ2) is 5.33. The van der Waals surface area contributed by atoms with Crippen LogP contribution < -0.4 is 0 Å². The summed E-state index contributed by atoms with van der Waals surface area (Å²) in [6.45, 7) is 5.79. The van der Waals surface area contributed by atoms with Crippen molar-refractivity contribution in [3.05, 3.63) is 11.8 Å². The van der Waals surface area contributed by atoms with Crippen LogP contribution in [0.1, 0.15) is 40.0 Å². The molecule has 118 valence electrons. The van der Waals surface area contributed by atoms with Crippen LogP contribution in [-0.2, 0) is 14.3 Å². The van der Waals surface area contributed by atoms with Gasteiger partial charge in [-0.15, -0.1) is 0 Å². The van der Waals surface area contributed by atoms with Gasteiger partial charge in [-0.05, 0) is 40.0 Å². The highest BCUT2D eigenvalue weighted by Crippen LogP contribution is 2.48. The van der Waals surface area contributed by atoms with E-state index < -0.39 is 29.2 Å². The molecule has 1 saturated heterocycles. The van der Waals surface area contributed by atoms with Crippen molar-refractivity contribution >= 4 is 12.1 Å². The number of aliphatic hydroxyl groups excluding tert-OH is 1. The molecule has 2 aliphatic rings. The zero-order valence-corrected chi connectivity index (χ0v) is 13.0. The predicted octanol–water partition coefficient (Wildman–Crippen LogP) is 1.83. The predicted molar refractivity (Wildman–Crippen MR) is 75.3 cm³/mol. The fourth-order valence-corrected chi connectivity index (χ4v) is 3.05. The Hall–Kier alpha value is -1.56.